The fourth-order valence-electron chi connectivity index (χ4n) is 2.81. The largest absolute Gasteiger partial charge is 0.464 e. The van der Waals surface area contributed by atoms with Gasteiger partial charge in [0.2, 0.25) is 0 Å². The number of hydrogen-bond acceptors (Lipinski definition) is 6. The molecule has 1 aliphatic rings. The van der Waals surface area contributed by atoms with Crippen molar-refractivity contribution in [2.45, 2.75) is 73.5 Å². The van der Waals surface area contributed by atoms with Crippen molar-refractivity contribution in [3.05, 3.63) is 47.2 Å². The number of nitrogens with one attached hydrogen (secondary N) is 1. The molecule has 0 radical (unpaired) electrons. The molecule has 0 unspecified atom stereocenters. The number of nitrogens with zero attached hydrogens (tertiary/aromatic N) is 1. The second-order valence-corrected chi connectivity index (χ2v) is 7.62. The Labute approximate surface area is 198 Å². The predicted octanol–water partition coefficient (Wildman–Crippen LogP) is 5.42. The van der Waals surface area contributed by atoms with E-state index in [1.165, 1.54) is 7.11 Å². The van der Waals surface area contributed by atoms with Gasteiger partial charge >= 0.3 is 18.2 Å². The zero-order valence-electron chi connectivity index (χ0n) is 21.3. The number of alkyl carbamates (subject to hydrolysis) is 1. The first-order chi connectivity index (χ1) is 15.7. The van der Waals surface area contributed by atoms with E-state index in [0.29, 0.717) is 31.5 Å². The Balaban J connectivity index is 0.00000242. The summed E-state index contributed by atoms with van der Waals surface area (Å²) >= 11 is 0. The summed E-state index contributed by atoms with van der Waals surface area (Å²) in [7, 11) is 1.25. The van der Waals surface area contributed by atoms with Crippen molar-refractivity contribution in [2.75, 3.05) is 20.2 Å². The molecular weight excluding hydrogens is 424 g/mol. The summed E-state index contributed by atoms with van der Waals surface area (Å²) in [5.74, 6) is -0.647. The van der Waals surface area contributed by atoms with E-state index in [2.05, 4.69) is 5.32 Å². The molecular formula is C25H40N2O6. The molecule has 0 aliphatic carbocycles. The Bertz CT molecular complexity index is 759. The highest BCUT2D eigenvalue weighted by molar-refractivity contribution is 5.93. The lowest BCUT2D eigenvalue weighted by molar-refractivity contribution is -0.136. The predicted molar refractivity (Wildman–Crippen MR) is 129 cm³/mol. The van der Waals surface area contributed by atoms with Crippen LogP contribution in [0, 0.1) is 0 Å². The molecule has 8 heteroatoms. The van der Waals surface area contributed by atoms with Gasteiger partial charge in [-0.1, -0.05) is 58.0 Å². The number of amides is 2. The Morgan fingerprint density at radius 3 is 2.00 bits per heavy atom. The fraction of sp³-hybridized carbons (Fsp3) is 0.560. The topological polar surface area (TPSA) is 94.2 Å². The van der Waals surface area contributed by atoms with Gasteiger partial charge in [-0.3, -0.25) is 5.32 Å². The maximum Gasteiger partial charge on any atom is 0.412 e. The van der Waals surface area contributed by atoms with E-state index in [9.17, 15) is 14.4 Å². The normalized spacial score (nSPS) is 12.7. The maximum atomic E-state index is 12.3. The molecule has 1 heterocycles. The van der Waals surface area contributed by atoms with E-state index in [4.69, 9.17) is 14.2 Å². The first kappa shape index (κ1) is 30.0. The van der Waals surface area contributed by atoms with Gasteiger partial charge in [0.05, 0.1) is 7.11 Å². The van der Waals surface area contributed by atoms with Gasteiger partial charge in [-0.25, -0.2) is 14.4 Å². The molecule has 1 N–H and O–H groups in total. The quantitative estimate of drug-likeness (QED) is 0.363. The van der Waals surface area contributed by atoms with Crippen molar-refractivity contribution < 1.29 is 28.6 Å². The molecule has 1 aromatic rings. The van der Waals surface area contributed by atoms with Crippen molar-refractivity contribution in [1.82, 2.24) is 10.2 Å². The van der Waals surface area contributed by atoms with E-state index in [1.54, 1.807) is 25.7 Å². The first-order valence-electron chi connectivity index (χ1n) is 11.5. The fourth-order valence-corrected chi connectivity index (χ4v) is 2.81. The summed E-state index contributed by atoms with van der Waals surface area (Å²) < 4.78 is 15.3. The van der Waals surface area contributed by atoms with Crippen molar-refractivity contribution >= 4 is 18.2 Å². The smallest absolute Gasteiger partial charge is 0.412 e. The zero-order chi connectivity index (χ0) is 25.4. The lowest BCUT2D eigenvalue weighted by atomic mass is 10.0. The molecule has 186 valence electrons. The molecule has 0 bridgehead atoms. The Kier molecular flexibility index (Phi) is 14.3. The van der Waals surface area contributed by atoms with Crippen LogP contribution in [0.15, 0.2) is 41.6 Å². The minimum Gasteiger partial charge on any atom is -0.464 e. The summed E-state index contributed by atoms with van der Waals surface area (Å²) in [4.78, 5) is 38.1. The van der Waals surface area contributed by atoms with Crippen molar-refractivity contribution in [3.8, 4) is 0 Å². The second kappa shape index (κ2) is 15.7. The first-order valence-corrected chi connectivity index (χ1v) is 11.5. The third kappa shape index (κ3) is 11.4. The molecule has 1 saturated heterocycles. The van der Waals surface area contributed by atoms with Gasteiger partial charge in [-0.05, 0) is 44.7 Å². The van der Waals surface area contributed by atoms with Crippen LogP contribution < -0.4 is 5.32 Å². The van der Waals surface area contributed by atoms with Crippen molar-refractivity contribution in [1.29, 1.82) is 0 Å². The van der Waals surface area contributed by atoms with Gasteiger partial charge < -0.3 is 19.1 Å². The van der Waals surface area contributed by atoms with Crippen LogP contribution in [-0.2, 0) is 25.6 Å². The summed E-state index contributed by atoms with van der Waals surface area (Å²) in [6.45, 7) is 14.1. The molecule has 0 spiro atoms. The summed E-state index contributed by atoms with van der Waals surface area (Å²) in [5.41, 5.74) is 0.990. The number of hydrogen-bond donors (Lipinski definition) is 1. The van der Waals surface area contributed by atoms with Gasteiger partial charge in [0, 0.05) is 13.1 Å². The van der Waals surface area contributed by atoms with Crippen LogP contribution in [0.5, 0.6) is 0 Å². The molecule has 33 heavy (non-hydrogen) atoms. The minimum atomic E-state index is -0.727. The highest BCUT2D eigenvalue weighted by Crippen LogP contribution is 2.21. The summed E-state index contributed by atoms with van der Waals surface area (Å²) in [6.07, 6.45) is -0.302. The van der Waals surface area contributed by atoms with Crippen LogP contribution in [-0.4, -0.2) is 48.9 Å². The third-order valence-electron chi connectivity index (χ3n) is 4.20. The number of ether oxygens (including phenoxy) is 3. The SMILES string of the molecule is CC.CC.COC(=O)C(NC(=O)OC(C)(C)C)=C1CCN(C(=O)OCc2ccccc2)CC1. The van der Waals surface area contributed by atoms with Crippen LogP contribution >= 0.6 is 0 Å². The molecule has 1 aliphatic heterocycles. The van der Waals surface area contributed by atoms with Crippen LogP contribution in [0.25, 0.3) is 0 Å². The maximum absolute atomic E-state index is 12.3. The molecule has 0 atom stereocenters. The Hall–Kier alpha value is -3.03. The standard InChI is InChI=1S/C21H28N2O6.2C2H6/c1-21(2,3)29-19(25)22-17(18(24)27-4)16-10-12-23(13-11-16)20(26)28-14-15-8-6-5-7-9-15;2*1-2/h5-9H,10-14H2,1-4H3,(H,22,25);2*1-2H3. The molecule has 0 aromatic heterocycles. The van der Waals surface area contributed by atoms with Crippen LogP contribution in [0.1, 0.15) is 66.9 Å². The number of esters is 1. The second-order valence-electron chi connectivity index (χ2n) is 7.62. The highest BCUT2D eigenvalue weighted by Gasteiger charge is 2.27. The van der Waals surface area contributed by atoms with Gasteiger partial charge in [0.15, 0.2) is 0 Å². The van der Waals surface area contributed by atoms with Gasteiger partial charge in [0.25, 0.3) is 0 Å². The van der Waals surface area contributed by atoms with Gasteiger partial charge in [-0.15, -0.1) is 0 Å². The van der Waals surface area contributed by atoms with Crippen molar-refractivity contribution in [2.24, 2.45) is 0 Å². The van der Waals surface area contributed by atoms with E-state index >= 15 is 0 Å². The average Bonchev–Trinajstić information content (AvgIpc) is 2.83. The summed E-state index contributed by atoms with van der Waals surface area (Å²) in [5, 5.41) is 2.49. The molecule has 2 rings (SSSR count). The van der Waals surface area contributed by atoms with E-state index in [-0.39, 0.29) is 12.3 Å². The minimum absolute atomic E-state index is 0.0686. The zero-order valence-corrected chi connectivity index (χ0v) is 21.3. The Morgan fingerprint density at radius 2 is 1.52 bits per heavy atom. The van der Waals surface area contributed by atoms with Crippen LogP contribution in [0.2, 0.25) is 0 Å². The number of rotatable bonds is 4. The van der Waals surface area contributed by atoms with Gasteiger partial charge in [0.1, 0.15) is 17.9 Å². The number of carbonyl (C=O) groups is 3. The number of piperidine rings is 1. The molecule has 8 nitrogen and oxygen atoms in total. The number of methoxy groups -OCH3 is 1. The number of carbonyl (C=O) groups excluding carboxylic acids is 3. The number of benzene rings is 1. The number of likely N-dealkylation sites (tertiary alicyclic amines) is 1. The third-order valence-corrected chi connectivity index (χ3v) is 4.20. The lowest BCUT2D eigenvalue weighted by Gasteiger charge is -2.29. The van der Waals surface area contributed by atoms with E-state index in [0.717, 1.165) is 5.56 Å². The molecule has 1 fully saturated rings. The summed E-state index contributed by atoms with van der Waals surface area (Å²) in [6, 6.07) is 9.43. The molecule has 1 aromatic carbocycles. The van der Waals surface area contributed by atoms with E-state index < -0.39 is 23.8 Å². The molecule has 0 saturated carbocycles. The van der Waals surface area contributed by atoms with Crippen LogP contribution in [0.3, 0.4) is 0 Å². The lowest BCUT2D eigenvalue weighted by Crippen LogP contribution is -2.39. The average molecular weight is 465 g/mol. The van der Waals surface area contributed by atoms with Crippen LogP contribution in [0.4, 0.5) is 9.59 Å². The van der Waals surface area contributed by atoms with Crippen molar-refractivity contribution in [3.63, 3.8) is 0 Å². The van der Waals surface area contributed by atoms with E-state index in [1.807, 2.05) is 58.0 Å². The monoisotopic (exact) mass is 464 g/mol. The highest BCUT2D eigenvalue weighted by atomic mass is 16.6. The van der Waals surface area contributed by atoms with Gasteiger partial charge in [-0.2, -0.15) is 0 Å². The Morgan fingerprint density at radius 1 is 0.970 bits per heavy atom. The molecule has 2 amide bonds.